The molecule has 0 fully saturated rings. The van der Waals surface area contributed by atoms with Crippen molar-refractivity contribution < 1.29 is 9.47 Å². The molecule has 2 aromatic carbocycles. The fourth-order valence-corrected chi connectivity index (χ4v) is 3.35. The van der Waals surface area contributed by atoms with Crippen molar-refractivity contribution in [2.45, 2.75) is 10.9 Å². The van der Waals surface area contributed by atoms with Crippen LogP contribution in [0.3, 0.4) is 0 Å². The predicted molar refractivity (Wildman–Crippen MR) is 100.0 cm³/mol. The Kier molecular flexibility index (Phi) is 5.00. The monoisotopic (exact) mass is 368 g/mol. The van der Waals surface area contributed by atoms with E-state index in [1.165, 1.54) is 26.0 Å². The largest absolute Gasteiger partial charge is 0.493 e. The molecule has 0 spiro atoms. The highest BCUT2D eigenvalue weighted by atomic mass is 32.2. The van der Waals surface area contributed by atoms with Crippen LogP contribution in [0.2, 0.25) is 0 Å². The number of hydrogen-bond acceptors (Lipinski definition) is 7. The zero-order valence-electron chi connectivity index (χ0n) is 14.2. The van der Waals surface area contributed by atoms with E-state index in [0.29, 0.717) is 38.9 Å². The maximum Gasteiger partial charge on any atom is 0.280 e. The second-order valence-corrected chi connectivity index (χ2v) is 6.34. The lowest BCUT2D eigenvalue weighted by Crippen LogP contribution is -2.29. The predicted octanol–water partition coefficient (Wildman–Crippen LogP) is 2.29. The summed E-state index contributed by atoms with van der Waals surface area (Å²) in [5.74, 6) is 7.38. The van der Waals surface area contributed by atoms with E-state index >= 15 is 0 Å². The Bertz CT molecular complexity index is 1070. The number of benzene rings is 2. The molecule has 1 heterocycles. The molecular formula is C18H16N4O3S. The lowest BCUT2D eigenvalue weighted by atomic mass is 10.2. The third-order valence-corrected chi connectivity index (χ3v) is 4.82. The minimum atomic E-state index is -0.371. The molecule has 0 amide bonds. The van der Waals surface area contributed by atoms with Gasteiger partial charge in [-0.25, -0.2) is 9.66 Å². The molecule has 26 heavy (non-hydrogen) atoms. The highest BCUT2D eigenvalue weighted by molar-refractivity contribution is 7.98. The zero-order valence-corrected chi connectivity index (χ0v) is 15.0. The number of ether oxygens (including phenoxy) is 2. The van der Waals surface area contributed by atoms with Crippen LogP contribution in [-0.4, -0.2) is 23.9 Å². The minimum absolute atomic E-state index is 0.348. The molecule has 0 bridgehead atoms. The van der Waals surface area contributed by atoms with E-state index < -0.39 is 0 Å². The molecule has 3 rings (SSSR count). The number of aromatic nitrogens is 2. The topological polar surface area (TPSA) is 103 Å². The van der Waals surface area contributed by atoms with Gasteiger partial charge in [0.05, 0.1) is 36.8 Å². The minimum Gasteiger partial charge on any atom is -0.493 e. The molecule has 0 aliphatic rings. The number of nitrogen functional groups attached to an aromatic ring is 1. The van der Waals surface area contributed by atoms with Crippen molar-refractivity contribution in [3.63, 3.8) is 0 Å². The van der Waals surface area contributed by atoms with Crippen LogP contribution in [0, 0.1) is 11.3 Å². The first-order valence-electron chi connectivity index (χ1n) is 7.63. The van der Waals surface area contributed by atoms with Gasteiger partial charge in [0.15, 0.2) is 16.7 Å². The molecule has 0 saturated carbocycles. The third-order valence-electron chi connectivity index (χ3n) is 3.80. The lowest BCUT2D eigenvalue weighted by molar-refractivity contribution is 0.355. The van der Waals surface area contributed by atoms with Crippen LogP contribution in [-0.2, 0) is 5.75 Å². The van der Waals surface area contributed by atoms with Gasteiger partial charge >= 0.3 is 0 Å². The van der Waals surface area contributed by atoms with E-state index in [1.54, 1.807) is 24.3 Å². The van der Waals surface area contributed by atoms with E-state index in [0.717, 1.165) is 10.2 Å². The number of rotatable bonds is 5. The number of hydrogen-bond donors (Lipinski definition) is 1. The van der Waals surface area contributed by atoms with Gasteiger partial charge in [-0.3, -0.25) is 4.79 Å². The van der Waals surface area contributed by atoms with E-state index in [4.69, 9.17) is 20.6 Å². The summed E-state index contributed by atoms with van der Waals surface area (Å²) >= 11 is 1.32. The van der Waals surface area contributed by atoms with Crippen molar-refractivity contribution in [2.24, 2.45) is 0 Å². The first-order valence-corrected chi connectivity index (χ1v) is 8.61. The van der Waals surface area contributed by atoms with Crippen molar-refractivity contribution in [1.29, 1.82) is 5.26 Å². The molecule has 0 unspecified atom stereocenters. The lowest BCUT2D eigenvalue weighted by Gasteiger charge is -2.11. The van der Waals surface area contributed by atoms with Crippen molar-refractivity contribution >= 4 is 22.7 Å². The number of nitriles is 1. The van der Waals surface area contributed by atoms with Gasteiger partial charge in [0.1, 0.15) is 0 Å². The highest BCUT2D eigenvalue weighted by Gasteiger charge is 2.14. The summed E-state index contributed by atoms with van der Waals surface area (Å²) in [6, 6.07) is 12.6. The van der Waals surface area contributed by atoms with Crippen LogP contribution in [0.4, 0.5) is 0 Å². The van der Waals surface area contributed by atoms with Gasteiger partial charge in [-0.1, -0.05) is 23.9 Å². The van der Waals surface area contributed by atoms with E-state index in [2.05, 4.69) is 11.1 Å². The second kappa shape index (κ2) is 7.37. The zero-order chi connectivity index (χ0) is 18.7. The van der Waals surface area contributed by atoms with Gasteiger partial charge in [0.2, 0.25) is 0 Å². The Hall–Kier alpha value is -3.18. The number of thioether (sulfide) groups is 1. The maximum atomic E-state index is 12.6. The van der Waals surface area contributed by atoms with Crippen LogP contribution in [0.15, 0.2) is 46.3 Å². The molecule has 0 saturated heterocycles. The second-order valence-electron chi connectivity index (χ2n) is 5.39. The fourth-order valence-electron chi connectivity index (χ4n) is 2.49. The average molecular weight is 368 g/mol. The molecule has 0 aliphatic carbocycles. The standard InChI is InChI=1S/C18H16N4O3S/c1-24-15-7-13-14(8-16(15)25-2)21-18(22(20)17(13)23)26-10-12-5-3-4-11(6-12)9-19/h3-8H,10,20H2,1-2H3. The Morgan fingerprint density at radius 2 is 1.96 bits per heavy atom. The smallest absolute Gasteiger partial charge is 0.280 e. The number of fused-ring (bicyclic) bond motifs is 1. The molecule has 7 nitrogen and oxygen atoms in total. The van der Waals surface area contributed by atoms with Gasteiger partial charge in [-0.05, 0) is 23.8 Å². The van der Waals surface area contributed by atoms with Gasteiger partial charge in [-0.2, -0.15) is 5.26 Å². The average Bonchev–Trinajstić information content (AvgIpc) is 2.68. The summed E-state index contributed by atoms with van der Waals surface area (Å²) in [4.78, 5) is 17.1. The SMILES string of the molecule is COc1cc2nc(SCc3cccc(C#N)c3)n(N)c(=O)c2cc1OC. The summed E-state index contributed by atoms with van der Waals surface area (Å²) in [7, 11) is 3.02. The number of nitrogens with zero attached hydrogens (tertiary/aromatic N) is 3. The van der Waals surface area contributed by atoms with Gasteiger partial charge in [0, 0.05) is 11.8 Å². The van der Waals surface area contributed by atoms with Crippen LogP contribution in [0.25, 0.3) is 10.9 Å². The Labute approximate surface area is 153 Å². The number of nitrogens with two attached hydrogens (primary N) is 1. The number of methoxy groups -OCH3 is 2. The van der Waals surface area contributed by atoms with E-state index in [1.807, 2.05) is 12.1 Å². The highest BCUT2D eigenvalue weighted by Crippen LogP contribution is 2.31. The van der Waals surface area contributed by atoms with Crippen molar-refractivity contribution in [2.75, 3.05) is 20.1 Å². The van der Waals surface area contributed by atoms with Crippen LogP contribution >= 0.6 is 11.8 Å². The molecule has 0 radical (unpaired) electrons. The van der Waals surface area contributed by atoms with E-state index in [9.17, 15) is 4.79 Å². The third kappa shape index (κ3) is 3.30. The quantitative estimate of drug-likeness (QED) is 0.419. The molecule has 0 aliphatic heterocycles. The first kappa shape index (κ1) is 17.6. The van der Waals surface area contributed by atoms with Crippen LogP contribution < -0.4 is 20.9 Å². The van der Waals surface area contributed by atoms with Crippen molar-refractivity contribution in [3.05, 3.63) is 57.9 Å². The maximum absolute atomic E-state index is 12.6. The van der Waals surface area contributed by atoms with Gasteiger partial charge in [0.25, 0.3) is 5.56 Å². The van der Waals surface area contributed by atoms with Crippen LogP contribution in [0.5, 0.6) is 11.5 Å². The fraction of sp³-hybridized carbons (Fsp3) is 0.167. The molecule has 8 heteroatoms. The van der Waals surface area contributed by atoms with Crippen LogP contribution in [0.1, 0.15) is 11.1 Å². The molecule has 3 aromatic rings. The summed E-state index contributed by atoms with van der Waals surface area (Å²) in [5.41, 5.74) is 1.62. The van der Waals surface area contributed by atoms with E-state index in [-0.39, 0.29) is 5.56 Å². The van der Waals surface area contributed by atoms with Gasteiger partial charge < -0.3 is 15.3 Å². The molecule has 2 N–H and O–H groups in total. The Morgan fingerprint density at radius 1 is 1.23 bits per heavy atom. The summed E-state index contributed by atoms with van der Waals surface area (Å²) in [5, 5.41) is 9.70. The Balaban J connectivity index is 1.99. The van der Waals surface area contributed by atoms with Crippen molar-refractivity contribution in [1.82, 2.24) is 9.66 Å². The first-order chi connectivity index (χ1) is 12.6. The molecular weight excluding hydrogens is 352 g/mol. The van der Waals surface area contributed by atoms with Gasteiger partial charge in [-0.15, -0.1) is 0 Å². The molecule has 0 atom stereocenters. The van der Waals surface area contributed by atoms with Crippen molar-refractivity contribution in [3.8, 4) is 17.6 Å². The molecule has 1 aromatic heterocycles. The Morgan fingerprint density at radius 3 is 2.65 bits per heavy atom. The summed E-state index contributed by atoms with van der Waals surface area (Å²) in [6.45, 7) is 0. The summed E-state index contributed by atoms with van der Waals surface area (Å²) < 4.78 is 11.5. The molecule has 132 valence electrons. The normalized spacial score (nSPS) is 10.5. The summed E-state index contributed by atoms with van der Waals surface area (Å²) in [6.07, 6.45) is 0.